The Labute approximate surface area is 124 Å². The highest BCUT2D eigenvalue weighted by Gasteiger charge is 2.40. The van der Waals surface area contributed by atoms with Crippen molar-refractivity contribution < 1.29 is 9.90 Å². The summed E-state index contributed by atoms with van der Waals surface area (Å²) in [7, 11) is 2.00. The minimum atomic E-state index is -0.661. The zero-order valence-electron chi connectivity index (χ0n) is 12.7. The Morgan fingerprint density at radius 2 is 2.05 bits per heavy atom. The van der Waals surface area contributed by atoms with Crippen LogP contribution in [0.4, 0.5) is 0 Å². The molecule has 0 spiro atoms. The second kappa shape index (κ2) is 5.17. The number of nitrogens with zero attached hydrogens (tertiary/aromatic N) is 2. The summed E-state index contributed by atoms with van der Waals surface area (Å²) in [6.07, 6.45) is 5.24. The summed E-state index contributed by atoms with van der Waals surface area (Å²) < 4.78 is 2.07. The zero-order chi connectivity index (χ0) is 15.0. The van der Waals surface area contributed by atoms with E-state index in [2.05, 4.69) is 17.6 Å². The molecule has 1 aromatic heterocycles. The van der Waals surface area contributed by atoms with Gasteiger partial charge in [-0.2, -0.15) is 0 Å². The van der Waals surface area contributed by atoms with E-state index in [4.69, 9.17) is 4.98 Å². The molecule has 21 heavy (non-hydrogen) atoms. The predicted octanol–water partition coefficient (Wildman–Crippen LogP) is 3.46. The summed E-state index contributed by atoms with van der Waals surface area (Å²) in [6.45, 7) is 2.07. The third kappa shape index (κ3) is 2.33. The van der Waals surface area contributed by atoms with Crippen molar-refractivity contribution in [3.8, 4) is 0 Å². The number of rotatable bonds is 3. The van der Waals surface area contributed by atoms with Gasteiger partial charge in [-0.15, -0.1) is 0 Å². The second-order valence-electron chi connectivity index (χ2n) is 6.35. The third-order valence-corrected chi connectivity index (χ3v) is 4.95. The third-order valence-electron chi connectivity index (χ3n) is 4.95. The van der Waals surface area contributed by atoms with E-state index in [1.807, 2.05) is 19.2 Å². The molecule has 0 atom stereocenters. The number of benzene rings is 1. The molecule has 1 fully saturated rings. The number of carboxylic acid groups (broad SMARTS) is 1. The van der Waals surface area contributed by atoms with E-state index in [0.717, 1.165) is 49.0 Å². The van der Waals surface area contributed by atoms with Gasteiger partial charge in [0.15, 0.2) is 0 Å². The molecule has 1 aliphatic rings. The molecule has 0 aliphatic heterocycles. The monoisotopic (exact) mass is 286 g/mol. The van der Waals surface area contributed by atoms with Crippen LogP contribution in [0.25, 0.3) is 11.0 Å². The Hall–Kier alpha value is -1.84. The smallest absolute Gasteiger partial charge is 0.310 e. The van der Waals surface area contributed by atoms with Gasteiger partial charge in [0, 0.05) is 13.5 Å². The van der Waals surface area contributed by atoms with E-state index in [0.29, 0.717) is 6.42 Å². The van der Waals surface area contributed by atoms with Crippen molar-refractivity contribution >= 4 is 17.0 Å². The summed E-state index contributed by atoms with van der Waals surface area (Å²) in [6, 6.07) is 6.07. The van der Waals surface area contributed by atoms with E-state index in [1.54, 1.807) is 0 Å². The minimum absolute atomic E-state index is 0.535. The van der Waals surface area contributed by atoms with Crippen LogP contribution in [0.2, 0.25) is 0 Å². The van der Waals surface area contributed by atoms with Gasteiger partial charge in [-0.3, -0.25) is 4.79 Å². The first-order valence-corrected chi connectivity index (χ1v) is 7.68. The molecular formula is C17H22N2O2. The Balaban J connectivity index is 2.02. The van der Waals surface area contributed by atoms with Crippen LogP contribution in [0.15, 0.2) is 18.2 Å². The van der Waals surface area contributed by atoms with Crippen molar-refractivity contribution in [3.05, 3.63) is 29.6 Å². The Bertz CT molecular complexity index is 681. The van der Waals surface area contributed by atoms with Gasteiger partial charge >= 0.3 is 5.97 Å². The summed E-state index contributed by atoms with van der Waals surface area (Å²) in [5.41, 5.74) is 2.64. The SMILES string of the molecule is Cc1cccc2nc(CC3(C(=O)O)CCCCC3)n(C)c12. The van der Waals surface area contributed by atoms with Crippen molar-refractivity contribution in [2.24, 2.45) is 12.5 Å². The molecule has 1 aromatic carbocycles. The molecule has 1 heterocycles. The first-order valence-electron chi connectivity index (χ1n) is 7.68. The van der Waals surface area contributed by atoms with E-state index < -0.39 is 11.4 Å². The fourth-order valence-corrected chi connectivity index (χ4v) is 3.67. The van der Waals surface area contributed by atoms with Crippen LogP contribution in [0.1, 0.15) is 43.5 Å². The van der Waals surface area contributed by atoms with Crippen LogP contribution in [0.3, 0.4) is 0 Å². The van der Waals surface area contributed by atoms with Gasteiger partial charge in [-0.05, 0) is 31.4 Å². The Morgan fingerprint density at radius 3 is 2.67 bits per heavy atom. The van der Waals surface area contributed by atoms with E-state index in [9.17, 15) is 9.90 Å². The van der Waals surface area contributed by atoms with Crippen molar-refractivity contribution in [1.29, 1.82) is 0 Å². The number of hydrogen-bond acceptors (Lipinski definition) is 2. The number of hydrogen-bond donors (Lipinski definition) is 1. The number of aliphatic carboxylic acids is 1. The van der Waals surface area contributed by atoms with E-state index in [1.165, 1.54) is 5.56 Å². The maximum Gasteiger partial charge on any atom is 0.310 e. The zero-order valence-corrected chi connectivity index (χ0v) is 12.7. The van der Waals surface area contributed by atoms with Crippen molar-refractivity contribution in [1.82, 2.24) is 9.55 Å². The largest absolute Gasteiger partial charge is 0.481 e. The number of imidazole rings is 1. The van der Waals surface area contributed by atoms with Gasteiger partial charge in [-0.25, -0.2) is 4.98 Å². The van der Waals surface area contributed by atoms with Crippen LogP contribution in [-0.2, 0) is 18.3 Å². The van der Waals surface area contributed by atoms with Gasteiger partial charge in [-0.1, -0.05) is 31.4 Å². The molecule has 0 saturated heterocycles. The molecule has 2 aromatic rings. The Morgan fingerprint density at radius 1 is 1.33 bits per heavy atom. The quantitative estimate of drug-likeness (QED) is 0.940. The molecule has 3 rings (SSSR count). The molecule has 0 bridgehead atoms. The number of carbonyl (C=O) groups is 1. The Kier molecular flexibility index (Phi) is 3.47. The summed E-state index contributed by atoms with van der Waals surface area (Å²) >= 11 is 0. The highest BCUT2D eigenvalue weighted by molar-refractivity contribution is 5.80. The predicted molar refractivity (Wildman–Crippen MR) is 82.3 cm³/mol. The molecule has 0 radical (unpaired) electrons. The lowest BCUT2D eigenvalue weighted by molar-refractivity contribution is -0.151. The molecule has 0 amide bonds. The first-order chi connectivity index (χ1) is 10.0. The van der Waals surface area contributed by atoms with Crippen molar-refractivity contribution in [2.45, 2.75) is 45.4 Å². The normalized spacial score (nSPS) is 18.0. The van der Waals surface area contributed by atoms with E-state index in [-0.39, 0.29) is 0 Å². The molecule has 112 valence electrons. The molecular weight excluding hydrogens is 264 g/mol. The highest BCUT2D eigenvalue weighted by Crippen LogP contribution is 2.39. The van der Waals surface area contributed by atoms with Gasteiger partial charge in [0.2, 0.25) is 0 Å². The van der Waals surface area contributed by atoms with Crippen molar-refractivity contribution in [2.75, 3.05) is 0 Å². The molecule has 4 nitrogen and oxygen atoms in total. The molecule has 1 N–H and O–H groups in total. The van der Waals surface area contributed by atoms with Crippen LogP contribution in [0, 0.1) is 12.3 Å². The average molecular weight is 286 g/mol. The lowest BCUT2D eigenvalue weighted by Gasteiger charge is -2.32. The van der Waals surface area contributed by atoms with Crippen molar-refractivity contribution in [3.63, 3.8) is 0 Å². The summed E-state index contributed by atoms with van der Waals surface area (Å²) in [5.74, 6) is 0.231. The first kappa shape index (κ1) is 14.1. The van der Waals surface area contributed by atoms with Gasteiger partial charge in [0.25, 0.3) is 0 Å². The lowest BCUT2D eigenvalue weighted by atomic mass is 9.71. The molecule has 1 saturated carbocycles. The number of para-hydroxylation sites is 1. The maximum atomic E-state index is 11.8. The minimum Gasteiger partial charge on any atom is -0.481 e. The maximum absolute atomic E-state index is 11.8. The second-order valence-corrected chi connectivity index (χ2v) is 6.35. The molecule has 0 unspecified atom stereocenters. The summed E-state index contributed by atoms with van der Waals surface area (Å²) in [5, 5.41) is 9.73. The standard InChI is InChI=1S/C17H22N2O2/c1-12-7-6-8-13-15(12)19(2)14(18-13)11-17(16(20)21)9-4-3-5-10-17/h6-8H,3-5,9-11H2,1-2H3,(H,20,21). The van der Waals surface area contributed by atoms with Crippen LogP contribution in [0.5, 0.6) is 0 Å². The van der Waals surface area contributed by atoms with E-state index >= 15 is 0 Å². The van der Waals surface area contributed by atoms with Crippen LogP contribution in [-0.4, -0.2) is 20.6 Å². The number of fused-ring (bicyclic) bond motifs is 1. The molecule has 1 aliphatic carbocycles. The number of aryl methyl sites for hydroxylation is 2. The van der Waals surface area contributed by atoms with Crippen LogP contribution >= 0.6 is 0 Å². The van der Waals surface area contributed by atoms with Gasteiger partial charge in [0.05, 0.1) is 16.4 Å². The summed E-state index contributed by atoms with van der Waals surface area (Å²) in [4.78, 5) is 16.5. The van der Waals surface area contributed by atoms with Gasteiger partial charge in [0.1, 0.15) is 5.82 Å². The number of carboxylic acids is 1. The topological polar surface area (TPSA) is 55.1 Å². The number of aromatic nitrogens is 2. The molecule has 4 heteroatoms. The highest BCUT2D eigenvalue weighted by atomic mass is 16.4. The fraction of sp³-hybridized carbons (Fsp3) is 0.529. The lowest BCUT2D eigenvalue weighted by Crippen LogP contribution is -2.36. The fourth-order valence-electron chi connectivity index (χ4n) is 3.67. The van der Waals surface area contributed by atoms with Gasteiger partial charge < -0.3 is 9.67 Å². The average Bonchev–Trinajstić information content (AvgIpc) is 2.77. The van der Waals surface area contributed by atoms with Crippen LogP contribution < -0.4 is 0 Å².